The fourth-order valence-electron chi connectivity index (χ4n) is 1.93. The predicted octanol–water partition coefficient (Wildman–Crippen LogP) is 0.695. The Kier molecular flexibility index (Phi) is 3.19. The summed E-state index contributed by atoms with van der Waals surface area (Å²) in [5, 5.41) is 28.2. The van der Waals surface area contributed by atoms with Crippen LogP contribution in [-0.2, 0) is 0 Å². The molecule has 1 fully saturated rings. The largest absolute Gasteiger partial charge is 0.508 e. The van der Waals surface area contributed by atoms with E-state index in [9.17, 15) is 20.1 Å². The van der Waals surface area contributed by atoms with Crippen LogP contribution in [0.1, 0.15) is 23.2 Å². The monoisotopic (exact) mass is 237 g/mol. The van der Waals surface area contributed by atoms with Crippen molar-refractivity contribution in [2.45, 2.75) is 18.9 Å². The second-order valence-corrected chi connectivity index (χ2v) is 4.22. The van der Waals surface area contributed by atoms with Gasteiger partial charge in [-0.2, -0.15) is 0 Å². The summed E-state index contributed by atoms with van der Waals surface area (Å²) in [6.45, 7) is 0.935. The molecule has 17 heavy (non-hydrogen) atoms. The average molecular weight is 237 g/mol. The zero-order valence-corrected chi connectivity index (χ0v) is 9.33. The molecule has 92 valence electrons. The van der Waals surface area contributed by atoms with Gasteiger partial charge in [0.15, 0.2) is 0 Å². The number of amides is 1. The van der Waals surface area contributed by atoms with Gasteiger partial charge in [-0.05, 0) is 31.0 Å². The van der Waals surface area contributed by atoms with Crippen LogP contribution in [0.4, 0.5) is 0 Å². The fraction of sp³-hybridized carbons (Fsp3) is 0.417. The number of aliphatic hydroxyl groups is 1. The first-order chi connectivity index (χ1) is 8.08. The lowest BCUT2D eigenvalue weighted by Gasteiger charge is -2.29. The van der Waals surface area contributed by atoms with Crippen LogP contribution in [-0.4, -0.2) is 45.3 Å². The molecule has 1 saturated heterocycles. The third-order valence-corrected chi connectivity index (χ3v) is 2.96. The number of hydrogen-bond donors (Lipinski definition) is 3. The Morgan fingerprint density at radius 2 is 1.88 bits per heavy atom. The summed E-state index contributed by atoms with van der Waals surface area (Å²) in [5.41, 5.74) is 0.0985. The maximum Gasteiger partial charge on any atom is 0.257 e. The molecule has 0 unspecified atom stereocenters. The molecule has 1 aromatic carbocycles. The van der Waals surface area contributed by atoms with Gasteiger partial charge >= 0.3 is 0 Å². The van der Waals surface area contributed by atoms with Gasteiger partial charge in [0.25, 0.3) is 5.91 Å². The summed E-state index contributed by atoms with van der Waals surface area (Å²) in [6.07, 6.45) is 0.744. The minimum Gasteiger partial charge on any atom is -0.508 e. The Hall–Kier alpha value is -1.75. The molecular weight excluding hydrogens is 222 g/mol. The van der Waals surface area contributed by atoms with Crippen LogP contribution < -0.4 is 0 Å². The van der Waals surface area contributed by atoms with E-state index in [1.807, 2.05) is 0 Å². The van der Waals surface area contributed by atoms with Crippen molar-refractivity contribution in [3.63, 3.8) is 0 Å². The number of aliphatic hydroxyl groups excluding tert-OH is 1. The molecule has 2 rings (SSSR count). The fourth-order valence-corrected chi connectivity index (χ4v) is 1.93. The highest BCUT2D eigenvalue weighted by Crippen LogP contribution is 2.24. The quantitative estimate of drug-likeness (QED) is 0.628. The Morgan fingerprint density at radius 1 is 1.24 bits per heavy atom. The SMILES string of the molecule is O=C(c1cc(O)ccc1O)N1CCC(O)CC1. The molecule has 0 aromatic heterocycles. The van der Waals surface area contributed by atoms with Crippen molar-refractivity contribution in [3.8, 4) is 11.5 Å². The third-order valence-electron chi connectivity index (χ3n) is 2.96. The normalized spacial score (nSPS) is 17.1. The number of aromatic hydroxyl groups is 2. The first kappa shape index (κ1) is 11.7. The highest BCUT2D eigenvalue weighted by atomic mass is 16.3. The molecule has 1 aromatic rings. The van der Waals surface area contributed by atoms with Crippen LogP contribution in [0, 0.1) is 0 Å². The number of nitrogens with zero attached hydrogens (tertiary/aromatic N) is 1. The third kappa shape index (κ3) is 2.50. The number of likely N-dealkylation sites (tertiary alicyclic amines) is 1. The lowest BCUT2D eigenvalue weighted by molar-refractivity contribution is 0.0544. The number of carbonyl (C=O) groups excluding carboxylic acids is 1. The number of carbonyl (C=O) groups is 1. The minimum atomic E-state index is -0.350. The van der Waals surface area contributed by atoms with Gasteiger partial charge < -0.3 is 20.2 Å². The number of phenolic OH excluding ortho intramolecular Hbond substituents is 2. The molecule has 0 radical (unpaired) electrons. The molecule has 5 nitrogen and oxygen atoms in total. The lowest BCUT2D eigenvalue weighted by Crippen LogP contribution is -2.40. The molecule has 1 aliphatic rings. The summed E-state index contributed by atoms with van der Waals surface area (Å²) in [5.74, 6) is -0.507. The van der Waals surface area contributed by atoms with Gasteiger partial charge in [0.1, 0.15) is 11.5 Å². The summed E-state index contributed by atoms with van der Waals surface area (Å²) >= 11 is 0. The van der Waals surface area contributed by atoms with Crippen molar-refractivity contribution in [2.24, 2.45) is 0 Å². The van der Waals surface area contributed by atoms with E-state index in [-0.39, 0.29) is 29.1 Å². The summed E-state index contributed by atoms with van der Waals surface area (Å²) in [7, 11) is 0. The van der Waals surface area contributed by atoms with Crippen LogP contribution in [0.25, 0.3) is 0 Å². The van der Waals surface area contributed by atoms with Crippen molar-refractivity contribution in [2.75, 3.05) is 13.1 Å². The van der Waals surface area contributed by atoms with Crippen molar-refractivity contribution < 1.29 is 20.1 Å². The molecule has 5 heteroatoms. The van der Waals surface area contributed by atoms with E-state index < -0.39 is 0 Å². The molecule has 0 bridgehead atoms. The summed E-state index contributed by atoms with van der Waals surface area (Å²) < 4.78 is 0. The van der Waals surface area contributed by atoms with Gasteiger partial charge in [-0.15, -0.1) is 0 Å². The van der Waals surface area contributed by atoms with Crippen LogP contribution in [0.2, 0.25) is 0 Å². The Morgan fingerprint density at radius 3 is 2.53 bits per heavy atom. The average Bonchev–Trinajstić information content (AvgIpc) is 2.32. The maximum absolute atomic E-state index is 12.1. The van der Waals surface area contributed by atoms with E-state index in [0.29, 0.717) is 25.9 Å². The first-order valence-electron chi connectivity index (χ1n) is 5.57. The molecule has 1 heterocycles. The maximum atomic E-state index is 12.1. The number of hydrogen-bond acceptors (Lipinski definition) is 4. The van der Waals surface area contributed by atoms with Crippen LogP contribution in [0.3, 0.4) is 0 Å². The first-order valence-corrected chi connectivity index (χ1v) is 5.57. The molecule has 0 spiro atoms. The van der Waals surface area contributed by atoms with Crippen LogP contribution >= 0.6 is 0 Å². The van der Waals surface area contributed by atoms with E-state index in [1.165, 1.54) is 18.2 Å². The molecule has 1 amide bonds. The van der Waals surface area contributed by atoms with Crippen molar-refractivity contribution in [1.29, 1.82) is 0 Å². The minimum absolute atomic E-state index is 0.0526. The van der Waals surface area contributed by atoms with Crippen LogP contribution in [0.5, 0.6) is 11.5 Å². The van der Waals surface area contributed by atoms with E-state index in [4.69, 9.17) is 0 Å². The molecule has 0 aliphatic carbocycles. The second kappa shape index (κ2) is 4.63. The lowest BCUT2D eigenvalue weighted by atomic mass is 10.1. The summed E-state index contributed by atoms with van der Waals surface area (Å²) in [6, 6.07) is 3.87. The van der Waals surface area contributed by atoms with Crippen LogP contribution in [0.15, 0.2) is 18.2 Å². The zero-order chi connectivity index (χ0) is 12.4. The van der Waals surface area contributed by atoms with Gasteiger partial charge in [-0.25, -0.2) is 0 Å². The number of phenols is 2. The standard InChI is InChI=1S/C12H15NO4/c14-8-3-5-13(6-4-8)12(17)10-7-9(15)1-2-11(10)16/h1-2,7-8,14-16H,3-6H2. The second-order valence-electron chi connectivity index (χ2n) is 4.22. The van der Waals surface area contributed by atoms with E-state index in [0.717, 1.165) is 0 Å². The predicted molar refractivity (Wildman–Crippen MR) is 60.9 cm³/mol. The van der Waals surface area contributed by atoms with E-state index >= 15 is 0 Å². The van der Waals surface area contributed by atoms with Gasteiger partial charge in [0, 0.05) is 13.1 Å². The van der Waals surface area contributed by atoms with Crippen molar-refractivity contribution in [1.82, 2.24) is 4.90 Å². The zero-order valence-electron chi connectivity index (χ0n) is 9.33. The highest BCUT2D eigenvalue weighted by Gasteiger charge is 2.24. The van der Waals surface area contributed by atoms with E-state index in [1.54, 1.807) is 4.90 Å². The Balaban J connectivity index is 2.16. The Labute approximate surface area is 98.9 Å². The number of piperidine rings is 1. The van der Waals surface area contributed by atoms with Crippen molar-refractivity contribution >= 4 is 5.91 Å². The van der Waals surface area contributed by atoms with E-state index in [2.05, 4.69) is 0 Å². The topological polar surface area (TPSA) is 81.0 Å². The smallest absolute Gasteiger partial charge is 0.257 e. The van der Waals surface area contributed by atoms with Gasteiger partial charge in [-0.3, -0.25) is 4.79 Å². The van der Waals surface area contributed by atoms with Gasteiger partial charge in [0.2, 0.25) is 0 Å². The highest BCUT2D eigenvalue weighted by molar-refractivity contribution is 5.97. The van der Waals surface area contributed by atoms with Crippen molar-refractivity contribution in [3.05, 3.63) is 23.8 Å². The molecule has 1 aliphatic heterocycles. The molecular formula is C12H15NO4. The number of benzene rings is 1. The summed E-state index contributed by atoms with van der Waals surface area (Å²) in [4.78, 5) is 13.6. The molecule has 3 N–H and O–H groups in total. The molecule has 0 saturated carbocycles. The number of rotatable bonds is 1. The van der Waals surface area contributed by atoms with Gasteiger partial charge in [0.05, 0.1) is 11.7 Å². The van der Waals surface area contributed by atoms with Gasteiger partial charge in [-0.1, -0.05) is 0 Å². The Bertz CT molecular complexity index is 425. The molecule has 0 atom stereocenters.